The number of hydrogen-bond donors (Lipinski definition) is 2. The zero-order valence-electron chi connectivity index (χ0n) is 10.3. The van der Waals surface area contributed by atoms with Gasteiger partial charge in [-0.1, -0.05) is 6.07 Å². The van der Waals surface area contributed by atoms with Gasteiger partial charge in [0.25, 0.3) is 0 Å². The normalized spacial score (nSPS) is 11.0. The second-order valence-electron chi connectivity index (χ2n) is 3.76. The Morgan fingerprint density at radius 2 is 2.11 bits per heavy atom. The smallest absolute Gasteiger partial charge is 0.323 e. The van der Waals surface area contributed by atoms with Gasteiger partial charge < -0.3 is 10.5 Å². The van der Waals surface area contributed by atoms with E-state index in [1.807, 2.05) is 6.92 Å². The molecule has 0 heterocycles. The lowest BCUT2D eigenvalue weighted by molar-refractivity contribution is -0.139. The van der Waals surface area contributed by atoms with E-state index in [4.69, 9.17) is 5.73 Å². The molecule has 0 aliphatic rings. The van der Waals surface area contributed by atoms with Crippen molar-refractivity contribution in [2.75, 3.05) is 22.8 Å². The molecule has 100 valence electrons. The molecule has 0 bridgehead atoms. The summed E-state index contributed by atoms with van der Waals surface area (Å²) in [7, 11) is -3.80. The highest BCUT2D eigenvalue weighted by atomic mass is 32.2. The Kier molecular flexibility index (Phi) is 4.55. The highest BCUT2D eigenvalue weighted by molar-refractivity contribution is 7.93. The summed E-state index contributed by atoms with van der Waals surface area (Å²) in [5, 5.41) is 0. The summed E-state index contributed by atoms with van der Waals surface area (Å²) >= 11 is 0. The number of hydrogen-bond acceptors (Lipinski definition) is 5. The molecule has 3 N–H and O–H groups in total. The molecule has 1 rings (SSSR count). The minimum absolute atomic E-state index is 0.140. The molecule has 1 aromatic carbocycles. The molecular formula is C11H16N2O4S. The van der Waals surface area contributed by atoms with Gasteiger partial charge in [0, 0.05) is 0 Å². The van der Waals surface area contributed by atoms with E-state index < -0.39 is 21.7 Å². The summed E-state index contributed by atoms with van der Waals surface area (Å²) in [5.41, 5.74) is 7.15. The van der Waals surface area contributed by atoms with Crippen molar-refractivity contribution in [3.8, 4) is 0 Å². The van der Waals surface area contributed by atoms with E-state index in [0.717, 1.165) is 5.56 Å². The molecule has 18 heavy (non-hydrogen) atoms. The number of rotatable bonds is 5. The van der Waals surface area contributed by atoms with Crippen LogP contribution in [0.3, 0.4) is 0 Å². The summed E-state index contributed by atoms with van der Waals surface area (Å²) in [5.74, 6) is -1.52. The third-order valence-corrected chi connectivity index (χ3v) is 3.23. The van der Waals surface area contributed by atoms with Crippen molar-refractivity contribution in [2.45, 2.75) is 13.8 Å². The average molecular weight is 272 g/mol. The Bertz CT molecular complexity index is 540. The number of aryl methyl sites for hydroxylation is 1. The minimum atomic E-state index is -3.80. The van der Waals surface area contributed by atoms with Crippen LogP contribution in [-0.2, 0) is 19.6 Å². The van der Waals surface area contributed by atoms with Gasteiger partial charge in [-0.05, 0) is 31.5 Å². The zero-order valence-corrected chi connectivity index (χ0v) is 11.1. The van der Waals surface area contributed by atoms with E-state index >= 15 is 0 Å². The SMILES string of the molecule is CCOC(=O)CS(=O)(=O)Nc1ccc(C)cc1N. The summed E-state index contributed by atoms with van der Waals surface area (Å²) in [6.45, 7) is 3.59. The predicted molar refractivity (Wildman–Crippen MR) is 69.6 cm³/mol. The number of carbonyl (C=O) groups excluding carboxylic acids is 1. The number of nitrogens with one attached hydrogen (secondary N) is 1. The maximum atomic E-state index is 11.7. The standard InChI is InChI=1S/C11H16N2O4S/c1-3-17-11(14)7-18(15,16)13-10-5-4-8(2)6-9(10)12/h4-6,13H,3,7,12H2,1-2H3. The summed E-state index contributed by atoms with van der Waals surface area (Å²) < 4.78 is 30.1. The maximum absolute atomic E-state index is 11.7. The topological polar surface area (TPSA) is 98.5 Å². The van der Waals surface area contributed by atoms with E-state index in [2.05, 4.69) is 9.46 Å². The summed E-state index contributed by atoms with van der Waals surface area (Å²) in [4.78, 5) is 11.1. The van der Waals surface area contributed by atoms with Crippen LogP contribution < -0.4 is 10.5 Å². The van der Waals surface area contributed by atoms with E-state index in [1.54, 1.807) is 25.1 Å². The van der Waals surface area contributed by atoms with E-state index in [1.165, 1.54) is 0 Å². The minimum Gasteiger partial charge on any atom is -0.465 e. The van der Waals surface area contributed by atoms with Gasteiger partial charge in [-0.2, -0.15) is 0 Å². The number of nitrogens with two attached hydrogens (primary N) is 1. The maximum Gasteiger partial charge on any atom is 0.323 e. The van der Waals surface area contributed by atoms with Crippen LogP contribution in [0.1, 0.15) is 12.5 Å². The fourth-order valence-corrected chi connectivity index (χ4v) is 2.32. The second kappa shape index (κ2) is 5.72. The number of benzene rings is 1. The fraction of sp³-hybridized carbons (Fsp3) is 0.364. The molecule has 0 atom stereocenters. The molecule has 0 saturated carbocycles. The molecule has 0 aromatic heterocycles. The molecule has 0 amide bonds. The van der Waals surface area contributed by atoms with Crippen LogP contribution in [0.25, 0.3) is 0 Å². The molecule has 6 nitrogen and oxygen atoms in total. The van der Waals surface area contributed by atoms with Crippen molar-refractivity contribution < 1.29 is 17.9 Å². The first-order valence-electron chi connectivity index (χ1n) is 5.36. The monoisotopic (exact) mass is 272 g/mol. The second-order valence-corrected chi connectivity index (χ2v) is 5.48. The molecule has 0 radical (unpaired) electrons. The van der Waals surface area contributed by atoms with E-state index in [9.17, 15) is 13.2 Å². The lowest BCUT2D eigenvalue weighted by atomic mass is 10.2. The van der Waals surface area contributed by atoms with Crippen LogP contribution in [0, 0.1) is 6.92 Å². The van der Waals surface area contributed by atoms with Crippen LogP contribution >= 0.6 is 0 Å². The van der Waals surface area contributed by atoms with Gasteiger partial charge in [0.1, 0.15) is 0 Å². The van der Waals surface area contributed by atoms with Crippen molar-refractivity contribution in [2.24, 2.45) is 0 Å². The first-order chi connectivity index (χ1) is 8.34. The quantitative estimate of drug-likeness (QED) is 0.612. The number of ether oxygens (including phenoxy) is 1. The predicted octanol–water partition coefficient (Wildman–Crippen LogP) is 0.882. The molecule has 0 saturated heterocycles. The number of esters is 1. The van der Waals surface area contributed by atoms with Gasteiger partial charge in [0.05, 0.1) is 18.0 Å². The molecule has 0 aliphatic carbocycles. The number of sulfonamides is 1. The third kappa shape index (κ3) is 4.25. The Morgan fingerprint density at radius 3 is 2.67 bits per heavy atom. The lowest BCUT2D eigenvalue weighted by Crippen LogP contribution is -2.24. The van der Waals surface area contributed by atoms with Gasteiger partial charge >= 0.3 is 5.97 Å². The van der Waals surface area contributed by atoms with Crippen LogP contribution in [0.15, 0.2) is 18.2 Å². The van der Waals surface area contributed by atoms with Crippen LogP contribution in [-0.4, -0.2) is 26.7 Å². The van der Waals surface area contributed by atoms with E-state index in [-0.39, 0.29) is 12.3 Å². The highest BCUT2D eigenvalue weighted by Gasteiger charge is 2.18. The molecular weight excluding hydrogens is 256 g/mol. The van der Waals surface area contributed by atoms with Crippen molar-refractivity contribution in [1.82, 2.24) is 0 Å². The lowest BCUT2D eigenvalue weighted by Gasteiger charge is -2.10. The summed E-state index contributed by atoms with van der Waals surface area (Å²) in [6.07, 6.45) is 0. The van der Waals surface area contributed by atoms with Crippen LogP contribution in [0.4, 0.5) is 11.4 Å². The van der Waals surface area contributed by atoms with Crippen LogP contribution in [0.5, 0.6) is 0 Å². The first-order valence-corrected chi connectivity index (χ1v) is 7.01. The Labute approximate surface area is 106 Å². The molecule has 1 aromatic rings. The average Bonchev–Trinajstić information content (AvgIpc) is 2.21. The van der Waals surface area contributed by atoms with Gasteiger partial charge in [0.2, 0.25) is 10.0 Å². The van der Waals surface area contributed by atoms with Gasteiger partial charge in [0.15, 0.2) is 5.75 Å². The van der Waals surface area contributed by atoms with Crippen molar-refractivity contribution in [1.29, 1.82) is 0 Å². The molecule has 0 spiro atoms. The number of anilines is 2. The van der Waals surface area contributed by atoms with Gasteiger partial charge in [-0.3, -0.25) is 9.52 Å². The summed E-state index contributed by atoms with van der Waals surface area (Å²) in [6, 6.07) is 4.91. The molecule has 0 aliphatic heterocycles. The number of nitrogen functional groups attached to an aromatic ring is 1. The highest BCUT2D eigenvalue weighted by Crippen LogP contribution is 2.20. The van der Waals surface area contributed by atoms with Gasteiger partial charge in [-0.25, -0.2) is 8.42 Å². The van der Waals surface area contributed by atoms with E-state index in [0.29, 0.717) is 5.69 Å². The van der Waals surface area contributed by atoms with Crippen LogP contribution in [0.2, 0.25) is 0 Å². The van der Waals surface area contributed by atoms with Gasteiger partial charge in [-0.15, -0.1) is 0 Å². The molecule has 0 fully saturated rings. The van der Waals surface area contributed by atoms with Crippen molar-refractivity contribution in [3.63, 3.8) is 0 Å². The van der Waals surface area contributed by atoms with Crippen molar-refractivity contribution >= 4 is 27.4 Å². The Balaban J connectivity index is 2.79. The number of carbonyl (C=O) groups is 1. The van der Waals surface area contributed by atoms with Crippen molar-refractivity contribution in [3.05, 3.63) is 23.8 Å². The largest absolute Gasteiger partial charge is 0.465 e. The Hall–Kier alpha value is -1.76. The fourth-order valence-electron chi connectivity index (χ4n) is 1.34. The zero-order chi connectivity index (χ0) is 13.8. The Morgan fingerprint density at radius 1 is 1.44 bits per heavy atom. The molecule has 7 heteroatoms. The molecule has 0 unspecified atom stereocenters. The third-order valence-electron chi connectivity index (χ3n) is 2.09. The first kappa shape index (κ1) is 14.3.